The molecule has 1 aromatic heterocycles. The average Bonchev–Trinajstić information content (AvgIpc) is 3.17. The Balaban J connectivity index is 1.59. The zero-order valence-electron chi connectivity index (χ0n) is 17.9. The maximum absolute atomic E-state index is 13.5. The number of nitrogens with zero attached hydrogens (tertiary/aromatic N) is 4. The Bertz CT molecular complexity index is 1200. The van der Waals surface area contributed by atoms with E-state index in [4.69, 9.17) is 11.6 Å². The minimum Gasteiger partial charge on any atom is -0.328 e. The van der Waals surface area contributed by atoms with Crippen LogP contribution in [-0.2, 0) is 12.4 Å². The second-order valence-corrected chi connectivity index (χ2v) is 9.01. The Kier molecular flexibility index (Phi) is 5.71. The standard InChI is InChI=1S/C22H18ClF6N5O/c23-17-13(4-2-5-14(17)22(27,28)29)20(35)34-19-15-6-1-3-12(31-15)10-33(19)18(32-34)16-9-11(7-8-30-16)21(24,25)26/h2,4-5,7-9,12,15,19,31H,1,3,6,10H2. The summed E-state index contributed by atoms with van der Waals surface area (Å²) in [5.41, 5.74) is -2.58. The number of pyridine rings is 1. The van der Waals surface area contributed by atoms with Gasteiger partial charge in [-0.15, -0.1) is 5.10 Å². The molecule has 13 heteroatoms. The third kappa shape index (κ3) is 4.22. The van der Waals surface area contributed by atoms with Gasteiger partial charge in [-0.25, -0.2) is 5.01 Å². The van der Waals surface area contributed by atoms with Crippen LogP contribution in [0.25, 0.3) is 0 Å². The molecule has 5 rings (SSSR count). The van der Waals surface area contributed by atoms with Gasteiger partial charge in [-0.2, -0.15) is 26.3 Å². The van der Waals surface area contributed by atoms with Crippen LogP contribution in [0, 0.1) is 0 Å². The van der Waals surface area contributed by atoms with Gasteiger partial charge >= 0.3 is 12.4 Å². The SMILES string of the molecule is O=C(c1cccc(C(F)(F)F)c1Cl)N1N=C(c2cc(C(F)(F)F)ccn2)N2CC3CCCC(N3)C21. The van der Waals surface area contributed by atoms with Crippen molar-refractivity contribution in [1.82, 2.24) is 20.2 Å². The molecule has 2 aromatic rings. The third-order valence-corrected chi connectivity index (χ3v) is 6.81. The topological polar surface area (TPSA) is 60.8 Å². The summed E-state index contributed by atoms with van der Waals surface area (Å²) in [6.07, 6.45) is -6.80. The van der Waals surface area contributed by atoms with Crippen LogP contribution in [0.1, 0.15) is 46.4 Å². The number of piperazine rings is 1. The maximum Gasteiger partial charge on any atom is 0.417 e. The first-order valence-corrected chi connectivity index (χ1v) is 11.2. The van der Waals surface area contributed by atoms with Gasteiger partial charge in [-0.05, 0) is 37.1 Å². The monoisotopic (exact) mass is 517 g/mol. The van der Waals surface area contributed by atoms with Gasteiger partial charge in [0, 0.05) is 24.8 Å². The zero-order chi connectivity index (χ0) is 25.1. The first kappa shape index (κ1) is 23.9. The minimum atomic E-state index is -4.77. The summed E-state index contributed by atoms with van der Waals surface area (Å²) in [6, 6.07) is 4.42. The summed E-state index contributed by atoms with van der Waals surface area (Å²) in [6.45, 7) is 0.345. The number of nitrogens with one attached hydrogen (secondary N) is 1. The zero-order valence-corrected chi connectivity index (χ0v) is 18.6. The van der Waals surface area contributed by atoms with Gasteiger partial charge in [0.05, 0.1) is 21.7 Å². The van der Waals surface area contributed by atoms with Gasteiger partial charge < -0.3 is 10.2 Å². The number of piperidine rings is 1. The fourth-order valence-corrected chi connectivity index (χ4v) is 5.17. The van der Waals surface area contributed by atoms with Crippen LogP contribution < -0.4 is 5.32 Å². The van der Waals surface area contributed by atoms with Crippen molar-refractivity contribution in [2.75, 3.05) is 6.54 Å². The number of carbonyl (C=O) groups is 1. The Labute approximate surface area is 200 Å². The number of fused-ring (bicyclic) bond motifs is 4. The quantitative estimate of drug-likeness (QED) is 0.585. The molecule has 4 heterocycles. The number of carbonyl (C=O) groups excluding carboxylic acids is 1. The molecule has 3 aliphatic rings. The van der Waals surface area contributed by atoms with Crippen LogP contribution in [0.4, 0.5) is 26.3 Å². The molecule has 186 valence electrons. The molecular weight excluding hydrogens is 500 g/mol. The first-order chi connectivity index (χ1) is 16.4. The molecule has 1 aromatic carbocycles. The van der Waals surface area contributed by atoms with Crippen molar-refractivity contribution in [2.24, 2.45) is 5.10 Å². The molecule has 2 bridgehead atoms. The Morgan fingerprint density at radius 3 is 2.57 bits per heavy atom. The minimum absolute atomic E-state index is 0.0215. The maximum atomic E-state index is 13.5. The number of halogens is 7. The van der Waals surface area contributed by atoms with Crippen molar-refractivity contribution in [1.29, 1.82) is 0 Å². The highest BCUT2D eigenvalue weighted by atomic mass is 35.5. The molecule has 2 saturated heterocycles. The van der Waals surface area contributed by atoms with Crippen LogP contribution in [0.3, 0.4) is 0 Å². The largest absolute Gasteiger partial charge is 0.417 e. The highest BCUT2D eigenvalue weighted by Gasteiger charge is 2.49. The van der Waals surface area contributed by atoms with Crippen molar-refractivity contribution in [2.45, 2.75) is 49.9 Å². The number of amides is 1. The van der Waals surface area contributed by atoms with Gasteiger partial charge in [0.1, 0.15) is 11.9 Å². The molecule has 35 heavy (non-hydrogen) atoms. The van der Waals surface area contributed by atoms with Gasteiger partial charge in [0.2, 0.25) is 0 Å². The van der Waals surface area contributed by atoms with Crippen molar-refractivity contribution in [3.8, 4) is 0 Å². The van der Waals surface area contributed by atoms with E-state index < -0.39 is 46.1 Å². The number of alkyl halides is 6. The van der Waals surface area contributed by atoms with Gasteiger partial charge in [0.15, 0.2) is 5.84 Å². The lowest BCUT2D eigenvalue weighted by Gasteiger charge is -2.47. The lowest BCUT2D eigenvalue weighted by molar-refractivity contribution is -0.138. The molecule has 3 atom stereocenters. The Morgan fingerprint density at radius 2 is 1.86 bits per heavy atom. The molecule has 6 nitrogen and oxygen atoms in total. The lowest BCUT2D eigenvalue weighted by Crippen LogP contribution is -2.67. The van der Waals surface area contributed by atoms with Crippen LogP contribution >= 0.6 is 11.6 Å². The number of aromatic nitrogens is 1. The number of rotatable bonds is 2. The predicted octanol–water partition coefficient (Wildman–Crippen LogP) is 4.74. The summed E-state index contributed by atoms with van der Waals surface area (Å²) in [5.74, 6) is -0.833. The fourth-order valence-electron chi connectivity index (χ4n) is 4.86. The van der Waals surface area contributed by atoms with E-state index in [-0.39, 0.29) is 23.6 Å². The highest BCUT2D eigenvalue weighted by Crippen LogP contribution is 2.39. The Morgan fingerprint density at radius 1 is 1.09 bits per heavy atom. The summed E-state index contributed by atoms with van der Waals surface area (Å²) >= 11 is 5.99. The summed E-state index contributed by atoms with van der Waals surface area (Å²) < 4.78 is 80.1. The molecule has 2 fully saturated rings. The van der Waals surface area contributed by atoms with E-state index in [2.05, 4.69) is 15.4 Å². The van der Waals surface area contributed by atoms with Crippen LogP contribution in [0.5, 0.6) is 0 Å². The highest BCUT2D eigenvalue weighted by molar-refractivity contribution is 6.34. The fraction of sp³-hybridized carbons (Fsp3) is 0.409. The second-order valence-electron chi connectivity index (χ2n) is 8.63. The van der Waals surface area contributed by atoms with Crippen molar-refractivity contribution in [3.05, 3.63) is 63.9 Å². The first-order valence-electron chi connectivity index (χ1n) is 10.8. The number of hydrogen-bond donors (Lipinski definition) is 1. The van der Waals surface area contributed by atoms with E-state index in [9.17, 15) is 31.1 Å². The van der Waals surface area contributed by atoms with Gasteiger partial charge in [-0.1, -0.05) is 24.1 Å². The van der Waals surface area contributed by atoms with E-state index in [0.29, 0.717) is 13.0 Å². The van der Waals surface area contributed by atoms with Crippen LogP contribution in [-0.4, -0.2) is 51.4 Å². The van der Waals surface area contributed by atoms with Gasteiger partial charge in [-0.3, -0.25) is 9.78 Å². The van der Waals surface area contributed by atoms with Crippen molar-refractivity contribution in [3.63, 3.8) is 0 Å². The van der Waals surface area contributed by atoms with E-state index in [1.54, 1.807) is 4.90 Å². The molecule has 0 saturated carbocycles. The molecule has 3 unspecified atom stereocenters. The second kappa shape index (κ2) is 8.37. The average molecular weight is 518 g/mol. The number of hydrazone groups is 1. The molecule has 3 aliphatic heterocycles. The lowest BCUT2D eigenvalue weighted by atomic mass is 9.91. The van der Waals surface area contributed by atoms with Crippen LogP contribution in [0.15, 0.2) is 41.6 Å². The van der Waals surface area contributed by atoms with Gasteiger partial charge in [0.25, 0.3) is 5.91 Å². The third-order valence-electron chi connectivity index (χ3n) is 6.40. The molecule has 1 N–H and O–H groups in total. The Hall–Kier alpha value is -2.86. The van der Waals surface area contributed by atoms with Crippen molar-refractivity contribution >= 4 is 23.3 Å². The number of benzene rings is 1. The van der Waals surface area contributed by atoms with E-state index in [1.165, 1.54) is 6.07 Å². The number of amidine groups is 1. The normalized spacial score (nSPS) is 24.3. The summed E-state index contributed by atoms with van der Waals surface area (Å²) in [4.78, 5) is 19.2. The molecular formula is C22H18ClF6N5O. The van der Waals surface area contributed by atoms with E-state index >= 15 is 0 Å². The molecule has 0 radical (unpaired) electrons. The molecule has 0 aliphatic carbocycles. The summed E-state index contributed by atoms with van der Waals surface area (Å²) in [5, 5.41) is 7.96. The summed E-state index contributed by atoms with van der Waals surface area (Å²) in [7, 11) is 0. The van der Waals surface area contributed by atoms with E-state index in [1.807, 2.05) is 0 Å². The smallest absolute Gasteiger partial charge is 0.328 e. The van der Waals surface area contributed by atoms with Crippen LogP contribution in [0.2, 0.25) is 5.02 Å². The molecule has 1 amide bonds. The van der Waals surface area contributed by atoms with Crippen molar-refractivity contribution < 1.29 is 31.1 Å². The van der Waals surface area contributed by atoms with E-state index in [0.717, 1.165) is 48.3 Å². The predicted molar refractivity (Wildman–Crippen MR) is 113 cm³/mol. The number of hydrogen-bond acceptors (Lipinski definition) is 5. The molecule has 0 spiro atoms.